The molecule has 0 radical (unpaired) electrons. The Kier molecular flexibility index (Phi) is 5.67. The summed E-state index contributed by atoms with van der Waals surface area (Å²) in [5, 5.41) is 13.5. The minimum atomic E-state index is -0.538. The van der Waals surface area contributed by atoms with Gasteiger partial charge in [0.2, 0.25) is 0 Å². The van der Waals surface area contributed by atoms with Gasteiger partial charge in [0, 0.05) is 43.8 Å². The van der Waals surface area contributed by atoms with Crippen LogP contribution in [0.3, 0.4) is 0 Å². The van der Waals surface area contributed by atoms with E-state index in [1.807, 2.05) is 4.90 Å². The van der Waals surface area contributed by atoms with Crippen LogP contribution in [0.2, 0.25) is 0 Å². The van der Waals surface area contributed by atoms with Gasteiger partial charge < -0.3 is 10.2 Å². The highest BCUT2D eigenvalue weighted by atomic mass is 19.1. The number of nitro groups is 1. The maximum absolute atomic E-state index is 13.0. The van der Waals surface area contributed by atoms with Crippen LogP contribution >= 0.6 is 0 Å². The highest BCUT2D eigenvalue weighted by molar-refractivity contribution is 6.00. The van der Waals surface area contributed by atoms with Gasteiger partial charge in [0.05, 0.1) is 16.2 Å². The Bertz CT molecular complexity index is 906. The van der Waals surface area contributed by atoms with Crippen molar-refractivity contribution in [2.45, 2.75) is 12.8 Å². The maximum atomic E-state index is 13.0. The highest BCUT2D eigenvalue weighted by Crippen LogP contribution is 2.30. The van der Waals surface area contributed by atoms with Crippen molar-refractivity contribution in [1.82, 2.24) is 5.32 Å². The number of nitrogens with zero attached hydrogens (tertiary/aromatic N) is 2. The van der Waals surface area contributed by atoms with E-state index in [4.69, 9.17) is 0 Å². The molecule has 7 nitrogen and oxygen atoms in total. The Hall–Kier alpha value is -3.29. The summed E-state index contributed by atoms with van der Waals surface area (Å²) in [6.45, 7) is 1.08. The molecule has 0 aliphatic carbocycles. The van der Waals surface area contributed by atoms with Gasteiger partial charge in [-0.05, 0) is 43.2 Å². The van der Waals surface area contributed by atoms with Gasteiger partial charge in [-0.25, -0.2) is 4.39 Å². The number of hydrogen-bond donors (Lipinski definition) is 1. The molecule has 0 spiro atoms. The Labute approximate surface area is 161 Å². The number of carbonyl (C=O) groups excluding carboxylic acids is 2. The van der Waals surface area contributed by atoms with Crippen molar-refractivity contribution < 1.29 is 18.9 Å². The average molecular weight is 385 g/mol. The number of halogens is 1. The van der Waals surface area contributed by atoms with Gasteiger partial charge in [0.25, 0.3) is 11.6 Å². The molecule has 0 aromatic heterocycles. The summed E-state index contributed by atoms with van der Waals surface area (Å²) in [7, 11) is 1.47. The molecular weight excluding hydrogens is 365 g/mol. The lowest BCUT2D eigenvalue weighted by atomic mass is 9.88. The topological polar surface area (TPSA) is 92.5 Å². The lowest BCUT2D eigenvalue weighted by molar-refractivity contribution is -0.384. The minimum absolute atomic E-state index is 0.0186. The quantitative estimate of drug-likeness (QED) is 0.485. The molecule has 1 saturated heterocycles. The Morgan fingerprint density at radius 1 is 1.14 bits per heavy atom. The van der Waals surface area contributed by atoms with Crippen LogP contribution in [0.15, 0.2) is 42.5 Å². The fourth-order valence-electron chi connectivity index (χ4n) is 3.46. The maximum Gasteiger partial charge on any atom is 0.270 e. The zero-order chi connectivity index (χ0) is 20.3. The number of benzene rings is 2. The molecule has 8 heteroatoms. The second-order valence-corrected chi connectivity index (χ2v) is 6.67. The SMILES string of the molecule is CNC(=O)c1cc([N+](=O)[O-])ccc1N1CCC(C(=O)c2ccc(F)cc2)CC1. The van der Waals surface area contributed by atoms with E-state index >= 15 is 0 Å². The van der Waals surface area contributed by atoms with Gasteiger partial charge in [0.15, 0.2) is 5.78 Å². The first-order chi connectivity index (χ1) is 13.4. The van der Waals surface area contributed by atoms with Gasteiger partial charge in [-0.3, -0.25) is 19.7 Å². The molecule has 0 unspecified atom stereocenters. The number of non-ortho nitro benzene ring substituents is 1. The third-order valence-electron chi connectivity index (χ3n) is 5.00. The summed E-state index contributed by atoms with van der Waals surface area (Å²) in [5.74, 6) is -0.979. The molecule has 1 aliphatic heterocycles. The molecule has 0 saturated carbocycles. The third-order valence-corrected chi connectivity index (χ3v) is 5.00. The third kappa shape index (κ3) is 4.00. The molecule has 0 bridgehead atoms. The number of nitrogens with one attached hydrogen (secondary N) is 1. The zero-order valence-electron chi connectivity index (χ0n) is 15.4. The Morgan fingerprint density at radius 2 is 1.79 bits per heavy atom. The fourth-order valence-corrected chi connectivity index (χ4v) is 3.46. The first-order valence-electron chi connectivity index (χ1n) is 8.96. The van der Waals surface area contributed by atoms with Crippen LogP contribution < -0.4 is 10.2 Å². The molecule has 146 valence electrons. The van der Waals surface area contributed by atoms with E-state index in [0.29, 0.717) is 37.2 Å². The van der Waals surface area contributed by atoms with Crippen molar-refractivity contribution in [3.63, 3.8) is 0 Å². The number of carbonyl (C=O) groups is 2. The van der Waals surface area contributed by atoms with Crippen molar-refractivity contribution >= 4 is 23.1 Å². The summed E-state index contributed by atoms with van der Waals surface area (Å²) < 4.78 is 13.0. The molecule has 1 aliphatic rings. The van der Waals surface area contributed by atoms with E-state index in [2.05, 4.69) is 5.32 Å². The van der Waals surface area contributed by atoms with E-state index in [0.717, 1.165) is 0 Å². The van der Waals surface area contributed by atoms with Gasteiger partial charge in [0.1, 0.15) is 5.82 Å². The van der Waals surface area contributed by atoms with Gasteiger partial charge in [-0.15, -0.1) is 0 Å². The lowest BCUT2D eigenvalue weighted by Crippen LogP contribution is -2.37. The number of Topliss-reactive ketones (excluding diaryl/α,β-unsaturated/α-hetero) is 1. The first-order valence-corrected chi connectivity index (χ1v) is 8.96. The first kappa shape index (κ1) is 19.5. The van der Waals surface area contributed by atoms with Crippen LogP contribution in [0.1, 0.15) is 33.6 Å². The van der Waals surface area contributed by atoms with E-state index in [1.165, 1.54) is 43.4 Å². The number of rotatable bonds is 5. The van der Waals surface area contributed by atoms with Crippen molar-refractivity contribution in [3.8, 4) is 0 Å². The standard InChI is InChI=1S/C20H20FN3O4/c1-22-20(26)17-12-16(24(27)28)6-7-18(17)23-10-8-14(9-11-23)19(25)13-2-4-15(21)5-3-13/h2-7,12,14H,8-11H2,1H3,(H,22,26). The molecule has 1 amide bonds. The van der Waals surface area contributed by atoms with Crippen molar-refractivity contribution in [2.24, 2.45) is 5.92 Å². The molecule has 0 atom stereocenters. The molecule has 28 heavy (non-hydrogen) atoms. The van der Waals surface area contributed by atoms with Crippen LogP contribution in [0.25, 0.3) is 0 Å². The summed E-state index contributed by atoms with van der Waals surface area (Å²) in [5.41, 5.74) is 1.18. The lowest BCUT2D eigenvalue weighted by Gasteiger charge is -2.34. The molecule has 3 rings (SSSR count). The summed E-state index contributed by atoms with van der Waals surface area (Å²) in [6.07, 6.45) is 1.17. The number of amides is 1. The van der Waals surface area contributed by atoms with E-state index in [9.17, 15) is 24.1 Å². The Balaban J connectivity index is 1.75. The predicted octanol–water partition coefficient (Wildman–Crippen LogP) is 3.19. The monoisotopic (exact) mass is 385 g/mol. The Morgan fingerprint density at radius 3 is 2.36 bits per heavy atom. The fraction of sp³-hybridized carbons (Fsp3) is 0.300. The van der Waals surface area contributed by atoms with Crippen LogP contribution in [0.5, 0.6) is 0 Å². The molecule has 2 aromatic carbocycles. The number of nitro benzene ring substituents is 1. The normalized spacial score (nSPS) is 14.6. The number of ketones is 1. The highest BCUT2D eigenvalue weighted by Gasteiger charge is 2.28. The van der Waals surface area contributed by atoms with Crippen molar-refractivity contribution in [2.75, 3.05) is 25.0 Å². The number of piperidine rings is 1. The predicted molar refractivity (Wildman–Crippen MR) is 102 cm³/mol. The zero-order valence-corrected chi connectivity index (χ0v) is 15.4. The molecule has 2 aromatic rings. The van der Waals surface area contributed by atoms with Gasteiger partial charge in [-0.2, -0.15) is 0 Å². The second-order valence-electron chi connectivity index (χ2n) is 6.67. The van der Waals surface area contributed by atoms with Gasteiger partial charge >= 0.3 is 0 Å². The van der Waals surface area contributed by atoms with Crippen LogP contribution in [0.4, 0.5) is 15.8 Å². The van der Waals surface area contributed by atoms with Crippen LogP contribution in [-0.4, -0.2) is 36.8 Å². The molecule has 1 fully saturated rings. The molecular formula is C20H20FN3O4. The largest absolute Gasteiger partial charge is 0.371 e. The summed E-state index contributed by atoms with van der Waals surface area (Å²) in [6, 6.07) is 9.74. The van der Waals surface area contributed by atoms with E-state index in [1.54, 1.807) is 6.07 Å². The number of anilines is 1. The van der Waals surface area contributed by atoms with Crippen molar-refractivity contribution in [1.29, 1.82) is 0 Å². The number of hydrogen-bond acceptors (Lipinski definition) is 5. The molecule has 1 heterocycles. The molecule has 1 N–H and O–H groups in total. The van der Waals surface area contributed by atoms with E-state index in [-0.39, 0.29) is 28.8 Å². The van der Waals surface area contributed by atoms with Crippen LogP contribution in [-0.2, 0) is 0 Å². The minimum Gasteiger partial charge on any atom is -0.371 e. The van der Waals surface area contributed by atoms with Crippen molar-refractivity contribution in [3.05, 3.63) is 69.5 Å². The average Bonchev–Trinajstić information content (AvgIpc) is 2.73. The smallest absolute Gasteiger partial charge is 0.270 e. The second kappa shape index (κ2) is 8.16. The summed E-state index contributed by atoms with van der Waals surface area (Å²) >= 11 is 0. The summed E-state index contributed by atoms with van der Waals surface area (Å²) in [4.78, 5) is 37.3. The van der Waals surface area contributed by atoms with E-state index < -0.39 is 10.8 Å². The van der Waals surface area contributed by atoms with Crippen LogP contribution in [0, 0.1) is 21.8 Å². The van der Waals surface area contributed by atoms with Gasteiger partial charge in [-0.1, -0.05) is 0 Å².